The van der Waals surface area contributed by atoms with Crippen molar-refractivity contribution in [2.24, 2.45) is 0 Å². The first kappa shape index (κ1) is 15.9. The number of rotatable bonds is 4. The maximum Gasteiger partial charge on any atom is 0.274 e. The number of carbonyl (C=O) groups is 2. The van der Waals surface area contributed by atoms with Gasteiger partial charge in [0.05, 0.1) is 5.69 Å². The fourth-order valence-electron chi connectivity index (χ4n) is 2.57. The summed E-state index contributed by atoms with van der Waals surface area (Å²) in [5, 5.41) is 2.52. The van der Waals surface area contributed by atoms with Crippen molar-refractivity contribution in [2.45, 2.75) is 0 Å². The van der Waals surface area contributed by atoms with Crippen LogP contribution in [0.1, 0.15) is 10.5 Å². The molecule has 0 spiro atoms. The van der Waals surface area contributed by atoms with Crippen LogP contribution in [0.25, 0.3) is 0 Å². The van der Waals surface area contributed by atoms with Gasteiger partial charge in [-0.25, -0.2) is 4.39 Å². The Morgan fingerprint density at radius 3 is 2.62 bits per heavy atom. The summed E-state index contributed by atoms with van der Waals surface area (Å²) in [4.78, 5) is 30.9. The van der Waals surface area contributed by atoms with Gasteiger partial charge in [0.15, 0.2) is 0 Å². The molecule has 7 heteroatoms. The fourth-order valence-corrected chi connectivity index (χ4v) is 2.57. The Hall–Kier alpha value is -2.96. The minimum atomic E-state index is -0.494. The van der Waals surface area contributed by atoms with Crippen molar-refractivity contribution >= 4 is 23.7 Å². The van der Waals surface area contributed by atoms with Gasteiger partial charge in [0, 0.05) is 38.1 Å². The second-order valence-electron chi connectivity index (χ2n) is 5.46. The zero-order valence-electron chi connectivity index (χ0n) is 13.0. The first-order valence-electron chi connectivity index (χ1n) is 7.63. The molecule has 3 rings (SSSR count). The van der Waals surface area contributed by atoms with Crippen LogP contribution in [-0.2, 0) is 4.79 Å². The molecule has 2 amide bonds. The van der Waals surface area contributed by atoms with Gasteiger partial charge in [-0.2, -0.15) is 0 Å². The number of halogens is 1. The summed E-state index contributed by atoms with van der Waals surface area (Å²) in [6, 6.07) is 9.48. The van der Waals surface area contributed by atoms with Crippen LogP contribution in [0.5, 0.6) is 0 Å². The highest BCUT2D eigenvalue weighted by atomic mass is 19.1. The third-order valence-electron chi connectivity index (χ3n) is 3.93. The molecule has 0 atom stereocenters. The molecule has 1 fully saturated rings. The van der Waals surface area contributed by atoms with Gasteiger partial charge in [-0.05, 0) is 24.3 Å². The maximum absolute atomic E-state index is 13.6. The van der Waals surface area contributed by atoms with Crippen molar-refractivity contribution in [1.29, 1.82) is 0 Å². The Balaban J connectivity index is 1.72. The number of carbonyl (C=O) groups excluding carboxylic acids is 2. The average molecular weight is 328 g/mol. The molecular formula is C17H17FN4O2. The van der Waals surface area contributed by atoms with E-state index in [2.05, 4.69) is 15.2 Å². The van der Waals surface area contributed by atoms with E-state index >= 15 is 0 Å². The van der Waals surface area contributed by atoms with E-state index in [1.54, 1.807) is 29.3 Å². The van der Waals surface area contributed by atoms with E-state index in [1.807, 2.05) is 6.07 Å². The molecule has 1 saturated heterocycles. The number of para-hydroxylation sites is 1. The van der Waals surface area contributed by atoms with Crippen LogP contribution < -0.4 is 10.2 Å². The lowest BCUT2D eigenvalue weighted by Crippen LogP contribution is -2.45. The zero-order chi connectivity index (χ0) is 16.9. The molecule has 1 aromatic heterocycles. The third kappa shape index (κ3) is 3.51. The molecule has 124 valence electrons. The van der Waals surface area contributed by atoms with Gasteiger partial charge in [-0.15, -0.1) is 0 Å². The minimum Gasteiger partial charge on any atom is -0.368 e. The molecule has 0 bridgehead atoms. The molecular weight excluding hydrogens is 311 g/mol. The fraction of sp³-hybridized carbons (Fsp3) is 0.235. The van der Waals surface area contributed by atoms with Crippen molar-refractivity contribution in [3.8, 4) is 0 Å². The van der Waals surface area contributed by atoms with E-state index in [-0.39, 0.29) is 11.4 Å². The lowest BCUT2D eigenvalue weighted by Gasteiger charge is -2.34. The summed E-state index contributed by atoms with van der Waals surface area (Å²) in [5.74, 6) is -0.958. The molecule has 2 aromatic rings. The van der Waals surface area contributed by atoms with Crippen molar-refractivity contribution in [3.63, 3.8) is 0 Å². The van der Waals surface area contributed by atoms with E-state index in [0.29, 0.717) is 26.2 Å². The maximum atomic E-state index is 13.6. The zero-order valence-corrected chi connectivity index (χ0v) is 13.0. The van der Waals surface area contributed by atoms with Crippen LogP contribution in [0.15, 0.2) is 42.6 Å². The molecule has 24 heavy (non-hydrogen) atoms. The summed E-state index contributed by atoms with van der Waals surface area (Å²) >= 11 is 0. The topological polar surface area (TPSA) is 65.5 Å². The molecule has 0 aliphatic carbocycles. The Kier molecular flexibility index (Phi) is 4.69. The van der Waals surface area contributed by atoms with Crippen molar-refractivity contribution < 1.29 is 14.0 Å². The first-order valence-corrected chi connectivity index (χ1v) is 7.63. The number of piperazine rings is 1. The van der Waals surface area contributed by atoms with Gasteiger partial charge in [0.25, 0.3) is 5.91 Å². The molecule has 1 aliphatic heterocycles. The van der Waals surface area contributed by atoms with Crippen molar-refractivity contribution in [3.05, 3.63) is 54.1 Å². The summed E-state index contributed by atoms with van der Waals surface area (Å²) in [7, 11) is 0. The Bertz CT molecular complexity index is 745. The Labute approximate surface area is 138 Å². The van der Waals surface area contributed by atoms with E-state index in [9.17, 15) is 14.0 Å². The van der Waals surface area contributed by atoms with Crippen LogP contribution >= 0.6 is 0 Å². The predicted molar refractivity (Wildman–Crippen MR) is 88.4 cm³/mol. The number of hydrogen-bond acceptors (Lipinski definition) is 4. The third-order valence-corrected chi connectivity index (χ3v) is 3.93. The summed E-state index contributed by atoms with van der Waals surface area (Å²) < 4.78 is 13.6. The number of benzene rings is 1. The monoisotopic (exact) mass is 328 g/mol. The van der Waals surface area contributed by atoms with Gasteiger partial charge in [-0.1, -0.05) is 12.1 Å². The second-order valence-corrected chi connectivity index (χ2v) is 5.46. The van der Waals surface area contributed by atoms with Crippen molar-refractivity contribution in [1.82, 2.24) is 9.88 Å². The Morgan fingerprint density at radius 2 is 1.92 bits per heavy atom. The molecule has 1 N–H and O–H groups in total. The molecule has 1 aliphatic rings. The van der Waals surface area contributed by atoms with Crippen LogP contribution in [0.3, 0.4) is 0 Å². The number of pyridine rings is 1. The number of hydrogen-bond donors (Lipinski definition) is 1. The molecule has 0 radical (unpaired) electrons. The predicted octanol–water partition coefficient (Wildman–Crippen LogP) is 1.75. The molecule has 0 unspecified atom stereocenters. The molecule has 6 nitrogen and oxygen atoms in total. The minimum absolute atomic E-state index is 0.120. The number of amides is 2. The standard InChI is InChI=1S/C17H17FN4O2/c18-14-3-1-2-4-15(14)20-17(24)16-11-13(5-6-19-16)22-9-7-21(12-23)8-10-22/h1-6,11-12H,7-10H2,(H,20,24). The van der Waals surface area contributed by atoms with Crippen LogP contribution in [0.2, 0.25) is 0 Å². The van der Waals surface area contributed by atoms with Gasteiger partial charge < -0.3 is 15.1 Å². The Morgan fingerprint density at radius 1 is 1.17 bits per heavy atom. The van der Waals surface area contributed by atoms with Crippen molar-refractivity contribution in [2.75, 3.05) is 36.4 Å². The molecule has 1 aromatic carbocycles. The van der Waals surface area contributed by atoms with Gasteiger partial charge in [0.2, 0.25) is 6.41 Å². The largest absolute Gasteiger partial charge is 0.368 e. The van der Waals surface area contributed by atoms with Crippen LogP contribution in [0.4, 0.5) is 15.8 Å². The summed E-state index contributed by atoms with van der Waals surface area (Å²) in [6.45, 7) is 2.67. The van der Waals surface area contributed by atoms with Crippen LogP contribution in [0, 0.1) is 5.82 Å². The van der Waals surface area contributed by atoms with Gasteiger partial charge >= 0.3 is 0 Å². The number of aromatic nitrogens is 1. The second kappa shape index (κ2) is 7.08. The van der Waals surface area contributed by atoms with Crippen LogP contribution in [-0.4, -0.2) is 48.4 Å². The lowest BCUT2D eigenvalue weighted by molar-refractivity contribution is -0.118. The quantitative estimate of drug-likeness (QED) is 0.869. The van der Waals surface area contributed by atoms with E-state index in [0.717, 1.165) is 12.1 Å². The number of nitrogens with zero attached hydrogens (tertiary/aromatic N) is 3. The smallest absolute Gasteiger partial charge is 0.274 e. The van der Waals surface area contributed by atoms with E-state index in [4.69, 9.17) is 0 Å². The first-order chi connectivity index (χ1) is 11.7. The van der Waals surface area contributed by atoms with Gasteiger partial charge in [-0.3, -0.25) is 14.6 Å². The normalized spacial score (nSPS) is 14.4. The lowest BCUT2D eigenvalue weighted by atomic mass is 10.2. The summed E-state index contributed by atoms with van der Waals surface area (Å²) in [6.07, 6.45) is 2.40. The molecule has 0 saturated carbocycles. The van der Waals surface area contributed by atoms with E-state index < -0.39 is 11.7 Å². The highest BCUT2D eigenvalue weighted by Crippen LogP contribution is 2.18. The number of anilines is 2. The van der Waals surface area contributed by atoms with Gasteiger partial charge in [0.1, 0.15) is 11.5 Å². The highest BCUT2D eigenvalue weighted by molar-refractivity contribution is 6.03. The number of nitrogens with one attached hydrogen (secondary N) is 1. The van der Waals surface area contributed by atoms with E-state index in [1.165, 1.54) is 12.1 Å². The highest BCUT2D eigenvalue weighted by Gasteiger charge is 2.17. The average Bonchev–Trinajstić information content (AvgIpc) is 2.64. The summed E-state index contributed by atoms with van der Waals surface area (Å²) in [5.41, 5.74) is 1.19. The molecule has 2 heterocycles. The SMILES string of the molecule is O=CN1CCN(c2ccnc(C(=O)Nc3ccccc3F)c2)CC1.